The summed E-state index contributed by atoms with van der Waals surface area (Å²) in [6.07, 6.45) is 0. The van der Waals surface area contributed by atoms with Crippen molar-refractivity contribution in [3.8, 4) is 79.2 Å². The van der Waals surface area contributed by atoms with E-state index in [-0.39, 0.29) is 0 Å². The van der Waals surface area contributed by atoms with Gasteiger partial charge in [-0.2, -0.15) is 9.97 Å². The topological polar surface area (TPSA) is 61.4 Å². The first-order valence-electron chi connectivity index (χ1n) is 22.9. The molecule has 9 aromatic carbocycles. The number of fused-ring (bicyclic) bond motifs is 6. The Labute approximate surface area is 392 Å². The van der Waals surface area contributed by atoms with E-state index in [0.717, 1.165) is 88.7 Å². The highest BCUT2D eigenvalue weighted by molar-refractivity contribution is 6.19. The van der Waals surface area contributed by atoms with Gasteiger partial charge in [0.05, 0.1) is 39.1 Å². The zero-order valence-corrected chi connectivity index (χ0v) is 36.8. The lowest BCUT2D eigenvalue weighted by Gasteiger charge is -2.16. The molecule has 0 bridgehead atoms. The van der Waals surface area contributed by atoms with E-state index >= 15 is 0 Å². The van der Waals surface area contributed by atoms with Crippen LogP contribution in [-0.2, 0) is 0 Å². The lowest BCUT2D eigenvalue weighted by atomic mass is 9.97. The first-order chi connectivity index (χ1) is 33.7. The quantitative estimate of drug-likeness (QED) is 0.153. The Kier molecular flexibility index (Phi) is 9.39. The van der Waals surface area contributed by atoms with Crippen molar-refractivity contribution in [1.29, 1.82) is 0 Å². The lowest BCUT2D eigenvalue weighted by molar-refractivity contribution is 0.953. The van der Waals surface area contributed by atoms with Gasteiger partial charge in [0.2, 0.25) is 5.95 Å². The van der Waals surface area contributed by atoms with Crippen molar-refractivity contribution in [3.63, 3.8) is 0 Å². The Hall–Kier alpha value is -9.26. The summed E-state index contributed by atoms with van der Waals surface area (Å²) >= 11 is 0. The fraction of sp³-hybridized carbons (Fsp3) is 0. The highest BCUT2D eigenvalue weighted by Gasteiger charge is 2.23. The third kappa shape index (κ3) is 6.74. The van der Waals surface area contributed by atoms with Gasteiger partial charge in [0.15, 0.2) is 11.6 Å². The largest absolute Gasteiger partial charge is 0.309 e. The summed E-state index contributed by atoms with van der Waals surface area (Å²) in [5, 5.41) is 4.58. The molecule has 0 radical (unpaired) electrons. The SMILES string of the molecule is c1ccc(-c2ccc(-c3cc(-c4ccccc4-n4c5ccccc5c5cc6c7ccccc7n(-c7nc(-c8ccccc8)nc(-c8ccccc8)n7)c6cc54)cc(-c4ccccc4)n3)cc2)cc1. The predicted molar refractivity (Wildman–Crippen MR) is 279 cm³/mol. The van der Waals surface area contributed by atoms with Crippen LogP contribution in [0.5, 0.6) is 0 Å². The highest BCUT2D eigenvalue weighted by Crippen LogP contribution is 2.42. The molecule has 6 nitrogen and oxygen atoms in total. The van der Waals surface area contributed by atoms with E-state index in [1.165, 1.54) is 16.5 Å². The van der Waals surface area contributed by atoms with Crippen molar-refractivity contribution >= 4 is 43.6 Å². The molecule has 13 rings (SSSR count). The zero-order chi connectivity index (χ0) is 45.0. The molecule has 4 heterocycles. The molecule has 0 N–H and O–H groups in total. The smallest absolute Gasteiger partial charge is 0.238 e. The molecule has 0 atom stereocenters. The van der Waals surface area contributed by atoms with Gasteiger partial charge < -0.3 is 4.57 Å². The van der Waals surface area contributed by atoms with Crippen LogP contribution in [0.2, 0.25) is 0 Å². The van der Waals surface area contributed by atoms with E-state index in [4.69, 9.17) is 19.9 Å². The summed E-state index contributed by atoms with van der Waals surface area (Å²) in [5.41, 5.74) is 15.6. The summed E-state index contributed by atoms with van der Waals surface area (Å²) in [5.74, 6) is 1.78. The molecule has 0 aliphatic rings. The average molecular weight is 869 g/mol. The van der Waals surface area contributed by atoms with E-state index in [1.54, 1.807) is 0 Å². The first kappa shape index (κ1) is 39.1. The maximum atomic E-state index is 5.31. The minimum atomic E-state index is 0.556. The van der Waals surface area contributed by atoms with Crippen LogP contribution < -0.4 is 0 Å². The van der Waals surface area contributed by atoms with Crippen molar-refractivity contribution in [2.45, 2.75) is 0 Å². The number of benzene rings is 9. The number of hydrogen-bond acceptors (Lipinski definition) is 4. The van der Waals surface area contributed by atoms with Crippen molar-refractivity contribution in [2.75, 3.05) is 0 Å². The molecule has 0 fully saturated rings. The van der Waals surface area contributed by atoms with Gasteiger partial charge in [0, 0.05) is 49.4 Å². The van der Waals surface area contributed by atoms with Crippen LogP contribution in [0.3, 0.4) is 0 Å². The van der Waals surface area contributed by atoms with Crippen molar-refractivity contribution in [2.24, 2.45) is 0 Å². The van der Waals surface area contributed by atoms with Gasteiger partial charge in [-0.25, -0.2) is 9.97 Å². The van der Waals surface area contributed by atoms with Crippen LogP contribution in [0.1, 0.15) is 0 Å². The van der Waals surface area contributed by atoms with E-state index in [1.807, 2.05) is 36.4 Å². The third-order valence-corrected chi connectivity index (χ3v) is 13.0. The Morgan fingerprint density at radius 3 is 1.26 bits per heavy atom. The van der Waals surface area contributed by atoms with Gasteiger partial charge >= 0.3 is 0 Å². The standard InChI is InChI=1S/C62H40N6/c1-5-19-41(20-6-1)42-33-35-44(36-34-42)54-38-47(37-53(63-54)43-21-7-2-8-22-43)48-27-13-16-30-55(48)67-56-31-17-14-28-49(56)51-39-52-50-29-15-18-32-57(50)68(59(52)40-58(51)67)62-65-60(45-23-9-3-10-24-45)64-61(66-62)46-25-11-4-12-26-46/h1-40H. The van der Waals surface area contributed by atoms with Crippen LogP contribution >= 0.6 is 0 Å². The van der Waals surface area contributed by atoms with Crippen LogP contribution in [0.15, 0.2) is 243 Å². The number of nitrogens with zero attached hydrogens (tertiary/aromatic N) is 6. The molecular weight excluding hydrogens is 829 g/mol. The molecule has 0 aliphatic carbocycles. The van der Waals surface area contributed by atoms with Crippen LogP contribution in [0.4, 0.5) is 0 Å². The lowest BCUT2D eigenvalue weighted by Crippen LogP contribution is -2.06. The van der Waals surface area contributed by atoms with Crippen molar-refractivity contribution in [3.05, 3.63) is 243 Å². The number of hydrogen-bond donors (Lipinski definition) is 0. The Balaban J connectivity index is 1.05. The van der Waals surface area contributed by atoms with E-state index in [2.05, 4.69) is 215 Å². The third-order valence-electron chi connectivity index (χ3n) is 13.0. The van der Waals surface area contributed by atoms with Crippen molar-refractivity contribution < 1.29 is 0 Å². The molecule has 13 aromatic rings. The number of rotatable bonds is 8. The van der Waals surface area contributed by atoms with Crippen LogP contribution in [0, 0.1) is 0 Å². The van der Waals surface area contributed by atoms with Crippen LogP contribution in [-0.4, -0.2) is 29.1 Å². The molecule has 0 aliphatic heterocycles. The molecule has 0 saturated heterocycles. The number of para-hydroxylation sites is 3. The van der Waals surface area contributed by atoms with Crippen molar-refractivity contribution in [1.82, 2.24) is 29.1 Å². The van der Waals surface area contributed by atoms with Gasteiger partial charge in [-0.15, -0.1) is 0 Å². The van der Waals surface area contributed by atoms with E-state index in [0.29, 0.717) is 17.6 Å². The second kappa shape index (κ2) is 16.3. The molecule has 0 unspecified atom stereocenters. The summed E-state index contributed by atoms with van der Waals surface area (Å²) in [4.78, 5) is 20.8. The predicted octanol–water partition coefficient (Wildman–Crippen LogP) is 15.5. The second-order valence-electron chi connectivity index (χ2n) is 17.1. The molecule has 0 saturated carbocycles. The minimum Gasteiger partial charge on any atom is -0.309 e. The van der Waals surface area contributed by atoms with Gasteiger partial charge in [-0.05, 0) is 59.2 Å². The summed E-state index contributed by atoms with van der Waals surface area (Å²) in [7, 11) is 0. The van der Waals surface area contributed by atoms with Gasteiger partial charge in [0.1, 0.15) is 0 Å². The first-order valence-corrected chi connectivity index (χ1v) is 22.9. The molecule has 6 heteroatoms. The van der Waals surface area contributed by atoms with E-state index < -0.39 is 0 Å². The van der Waals surface area contributed by atoms with Gasteiger partial charge in [-0.3, -0.25) is 4.57 Å². The Morgan fingerprint density at radius 1 is 0.250 bits per heavy atom. The summed E-state index contributed by atoms with van der Waals surface area (Å²) < 4.78 is 4.64. The number of pyridine rings is 1. The minimum absolute atomic E-state index is 0.556. The average Bonchev–Trinajstić information content (AvgIpc) is 3.92. The molecule has 68 heavy (non-hydrogen) atoms. The maximum Gasteiger partial charge on any atom is 0.238 e. The summed E-state index contributed by atoms with van der Waals surface area (Å²) in [6, 6.07) is 85.2. The molecular formula is C62H40N6. The van der Waals surface area contributed by atoms with Crippen LogP contribution in [0.25, 0.3) is 123 Å². The normalized spacial score (nSPS) is 11.5. The Morgan fingerprint density at radius 2 is 0.676 bits per heavy atom. The van der Waals surface area contributed by atoms with Gasteiger partial charge in [0.25, 0.3) is 0 Å². The fourth-order valence-corrected chi connectivity index (χ4v) is 9.77. The van der Waals surface area contributed by atoms with Gasteiger partial charge in [-0.1, -0.05) is 200 Å². The maximum absolute atomic E-state index is 5.31. The second-order valence-corrected chi connectivity index (χ2v) is 17.1. The fourth-order valence-electron chi connectivity index (χ4n) is 9.77. The zero-order valence-electron chi connectivity index (χ0n) is 36.8. The summed E-state index contributed by atoms with van der Waals surface area (Å²) in [6.45, 7) is 0. The molecule has 0 spiro atoms. The molecule has 4 aromatic heterocycles. The highest BCUT2D eigenvalue weighted by atomic mass is 15.2. The number of aromatic nitrogens is 6. The Bertz CT molecular complexity index is 3930. The van der Waals surface area contributed by atoms with E-state index in [9.17, 15) is 0 Å². The monoisotopic (exact) mass is 868 g/mol. The molecule has 318 valence electrons. The molecule has 0 amide bonds.